The first kappa shape index (κ1) is 14.3. The number of benzene rings is 1. The van der Waals surface area contributed by atoms with Crippen molar-refractivity contribution in [3.63, 3.8) is 0 Å². The van der Waals surface area contributed by atoms with Gasteiger partial charge in [0.2, 0.25) is 0 Å². The minimum Gasteiger partial charge on any atom is -0.493 e. The van der Waals surface area contributed by atoms with Crippen LogP contribution in [0.1, 0.15) is 18.9 Å². The van der Waals surface area contributed by atoms with Crippen LogP contribution in [-0.4, -0.2) is 41.5 Å². The smallest absolute Gasteiger partial charge is 0.325 e. The molecule has 3 rings (SSSR count). The van der Waals surface area contributed by atoms with Crippen LogP contribution in [0.4, 0.5) is 4.79 Å². The van der Waals surface area contributed by atoms with E-state index in [2.05, 4.69) is 12.2 Å². The first-order chi connectivity index (χ1) is 10.2. The molecule has 2 heterocycles. The molecule has 3 amide bonds. The molecular formula is C15H18N2O3S. The van der Waals surface area contributed by atoms with Gasteiger partial charge in [0.15, 0.2) is 5.54 Å². The molecule has 1 unspecified atom stereocenters. The van der Waals surface area contributed by atoms with Crippen molar-refractivity contribution >= 4 is 23.7 Å². The second kappa shape index (κ2) is 5.60. The highest BCUT2D eigenvalue weighted by molar-refractivity contribution is 7.99. The van der Waals surface area contributed by atoms with E-state index in [0.29, 0.717) is 25.3 Å². The molecule has 112 valence electrons. The van der Waals surface area contributed by atoms with Gasteiger partial charge in [0.25, 0.3) is 5.91 Å². The highest BCUT2D eigenvalue weighted by Gasteiger charge is 2.54. The van der Waals surface area contributed by atoms with Crippen molar-refractivity contribution in [1.82, 2.24) is 10.2 Å². The Bertz CT molecular complexity index is 578. The van der Waals surface area contributed by atoms with Crippen molar-refractivity contribution in [2.75, 3.05) is 24.7 Å². The van der Waals surface area contributed by atoms with Gasteiger partial charge in [-0.25, -0.2) is 4.79 Å². The maximum atomic E-state index is 12.8. The fourth-order valence-corrected chi connectivity index (χ4v) is 3.48. The number of thioether (sulfide) groups is 1. The summed E-state index contributed by atoms with van der Waals surface area (Å²) in [7, 11) is 0. The molecule has 21 heavy (non-hydrogen) atoms. The Morgan fingerprint density at radius 2 is 2.19 bits per heavy atom. The van der Waals surface area contributed by atoms with Crippen molar-refractivity contribution in [3.05, 3.63) is 29.8 Å². The highest BCUT2D eigenvalue weighted by Crippen LogP contribution is 2.40. The van der Waals surface area contributed by atoms with Gasteiger partial charge in [0, 0.05) is 24.3 Å². The summed E-state index contributed by atoms with van der Waals surface area (Å²) < 4.78 is 5.60. The number of para-hydroxylation sites is 1. The van der Waals surface area contributed by atoms with Gasteiger partial charge in [-0.3, -0.25) is 9.69 Å². The predicted octanol–water partition coefficient (Wildman–Crippen LogP) is 1.97. The molecule has 1 aromatic carbocycles. The van der Waals surface area contributed by atoms with Crippen LogP contribution in [0, 0.1) is 0 Å². The van der Waals surface area contributed by atoms with Crippen LogP contribution in [0.5, 0.6) is 5.75 Å². The van der Waals surface area contributed by atoms with Crippen molar-refractivity contribution in [1.29, 1.82) is 0 Å². The minimum atomic E-state index is -0.942. The topological polar surface area (TPSA) is 58.6 Å². The average Bonchev–Trinajstić information content (AvgIpc) is 2.73. The van der Waals surface area contributed by atoms with E-state index < -0.39 is 5.54 Å². The summed E-state index contributed by atoms with van der Waals surface area (Å²) in [4.78, 5) is 26.4. The molecular weight excluding hydrogens is 288 g/mol. The molecule has 1 saturated heterocycles. The van der Waals surface area contributed by atoms with Crippen LogP contribution >= 0.6 is 11.8 Å². The maximum Gasteiger partial charge on any atom is 0.325 e. The Labute approximate surface area is 128 Å². The number of hydrogen-bond acceptors (Lipinski definition) is 4. The van der Waals surface area contributed by atoms with Crippen LogP contribution in [0.15, 0.2) is 24.3 Å². The molecule has 1 spiro atoms. The third-order valence-electron chi connectivity index (χ3n) is 3.92. The first-order valence-corrected chi connectivity index (χ1v) is 8.28. The Morgan fingerprint density at radius 1 is 1.38 bits per heavy atom. The molecule has 1 N–H and O–H groups in total. The lowest BCUT2D eigenvalue weighted by Gasteiger charge is -2.33. The molecule has 6 heteroatoms. The number of rotatable bonds is 4. The summed E-state index contributed by atoms with van der Waals surface area (Å²) in [5.74, 6) is 2.28. The minimum absolute atomic E-state index is 0.153. The van der Waals surface area contributed by atoms with Crippen molar-refractivity contribution in [2.24, 2.45) is 0 Å². The van der Waals surface area contributed by atoms with Gasteiger partial charge < -0.3 is 10.1 Å². The zero-order valence-electron chi connectivity index (χ0n) is 11.9. The zero-order valence-corrected chi connectivity index (χ0v) is 12.7. The van der Waals surface area contributed by atoms with Crippen molar-refractivity contribution < 1.29 is 14.3 Å². The van der Waals surface area contributed by atoms with E-state index in [0.717, 1.165) is 17.1 Å². The van der Waals surface area contributed by atoms with Crippen molar-refractivity contribution in [2.45, 2.75) is 18.9 Å². The van der Waals surface area contributed by atoms with E-state index in [1.54, 1.807) is 11.8 Å². The average molecular weight is 306 g/mol. The van der Waals surface area contributed by atoms with Crippen LogP contribution < -0.4 is 10.1 Å². The Balaban J connectivity index is 1.90. The molecule has 0 aliphatic carbocycles. The van der Waals surface area contributed by atoms with Gasteiger partial charge in [0.05, 0.1) is 6.61 Å². The number of amides is 3. The number of carbonyl (C=O) groups is 2. The second-order valence-corrected chi connectivity index (χ2v) is 6.48. The molecule has 2 aliphatic rings. The summed E-state index contributed by atoms with van der Waals surface area (Å²) in [6.45, 7) is 2.95. The van der Waals surface area contributed by atoms with E-state index in [-0.39, 0.29) is 11.9 Å². The molecule has 0 bridgehead atoms. The molecule has 1 atom stereocenters. The quantitative estimate of drug-likeness (QED) is 0.682. The largest absolute Gasteiger partial charge is 0.493 e. The third-order valence-corrected chi connectivity index (χ3v) is 4.80. The highest BCUT2D eigenvalue weighted by atomic mass is 32.2. The fraction of sp³-hybridized carbons (Fsp3) is 0.467. The molecule has 2 aliphatic heterocycles. The van der Waals surface area contributed by atoms with E-state index in [4.69, 9.17) is 4.74 Å². The molecule has 0 saturated carbocycles. The maximum absolute atomic E-state index is 12.8. The number of imide groups is 1. The summed E-state index contributed by atoms with van der Waals surface area (Å²) in [6, 6.07) is 7.13. The number of urea groups is 1. The van der Waals surface area contributed by atoms with Gasteiger partial charge in [0.1, 0.15) is 5.75 Å². The van der Waals surface area contributed by atoms with E-state index >= 15 is 0 Å². The van der Waals surface area contributed by atoms with E-state index in [1.807, 2.05) is 24.3 Å². The lowest BCUT2D eigenvalue weighted by Crippen LogP contribution is -2.47. The summed E-state index contributed by atoms with van der Waals surface area (Å²) in [6.07, 6.45) is 0.478. The van der Waals surface area contributed by atoms with E-state index in [9.17, 15) is 9.59 Å². The Kier molecular flexibility index (Phi) is 3.80. The number of nitrogens with zero attached hydrogens (tertiary/aromatic N) is 1. The van der Waals surface area contributed by atoms with Crippen LogP contribution in [-0.2, 0) is 10.3 Å². The van der Waals surface area contributed by atoms with Crippen molar-refractivity contribution in [3.8, 4) is 5.75 Å². The lowest BCUT2D eigenvalue weighted by atomic mass is 9.84. The lowest BCUT2D eigenvalue weighted by molar-refractivity contribution is -0.132. The monoisotopic (exact) mass is 306 g/mol. The number of hydrogen-bond donors (Lipinski definition) is 1. The summed E-state index contributed by atoms with van der Waals surface area (Å²) >= 11 is 1.72. The van der Waals surface area contributed by atoms with Gasteiger partial charge in [-0.2, -0.15) is 11.8 Å². The number of nitrogens with one attached hydrogen (secondary N) is 1. The first-order valence-electron chi connectivity index (χ1n) is 7.13. The normalized spacial score (nSPS) is 24.0. The fourth-order valence-electron chi connectivity index (χ4n) is 2.88. The standard InChI is InChI=1S/C15H18N2O3S/c1-2-21-10-8-17-13(18)15(16-14(17)19)7-9-20-12-6-4-3-5-11(12)15/h3-6H,2,7-10H2,1H3,(H,16,19). The van der Waals surface area contributed by atoms with Gasteiger partial charge in [-0.1, -0.05) is 25.1 Å². The molecule has 0 radical (unpaired) electrons. The molecule has 1 aromatic rings. The van der Waals surface area contributed by atoms with Gasteiger partial charge >= 0.3 is 6.03 Å². The number of carbonyl (C=O) groups excluding carboxylic acids is 2. The van der Waals surface area contributed by atoms with Crippen LogP contribution in [0.3, 0.4) is 0 Å². The molecule has 5 nitrogen and oxygen atoms in total. The summed E-state index contributed by atoms with van der Waals surface area (Å²) in [5, 5.41) is 2.90. The van der Waals surface area contributed by atoms with Crippen LogP contribution in [0.2, 0.25) is 0 Å². The SMILES string of the molecule is CCSCCN1C(=O)NC2(CCOc3ccccc32)C1=O. The number of fused-ring (bicyclic) bond motifs is 2. The molecule has 0 aromatic heterocycles. The number of ether oxygens (including phenoxy) is 1. The third kappa shape index (κ3) is 2.27. The summed E-state index contributed by atoms with van der Waals surface area (Å²) in [5.41, 5.74) is -0.178. The van der Waals surface area contributed by atoms with Gasteiger partial charge in [-0.15, -0.1) is 0 Å². The molecule has 1 fully saturated rings. The Morgan fingerprint density at radius 3 is 3.00 bits per heavy atom. The Hall–Kier alpha value is -1.69. The second-order valence-electron chi connectivity index (χ2n) is 5.08. The van der Waals surface area contributed by atoms with Gasteiger partial charge in [-0.05, 0) is 11.8 Å². The predicted molar refractivity (Wildman–Crippen MR) is 81.5 cm³/mol. The zero-order chi connectivity index (χ0) is 14.9. The van der Waals surface area contributed by atoms with Crippen LogP contribution in [0.25, 0.3) is 0 Å². The van der Waals surface area contributed by atoms with E-state index in [1.165, 1.54) is 4.90 Å².